The number of halogens is 1. The molecule has 2 N–H and O–H groups in total. The predicted molar refractivity (Wildman–Crippen MR) is 79.0 cm³/mol. The van der Waals surface area contributed by atoms with Gasteiger partial charge in [-0.15, -0.1) is 0 Å². The molecular weight excluding hydrogens is 318 g/mol. The molecule has 21 heavy (non-hydrogen) atoms. The molecule has 0 saturated heterocycles. The summed E-state index contributed by atoms with van der Waals surface area (Å²) in [7, 11) is 1.32. The number of aromatic nitrogens is 2. The SMILES string of the molecule is CCc1[nH]nc(C(=O)NCCOCC(C)C)c1S(=O)(=O)Cl. The summed E-state index contributed by atoms with van der Waals surface area (Å²) >= 11 is 0. The normalized spacial score (nSPS) is 11.9. The number of nitrogens with one attached hydrogen (secondary N) is 2. The Balaban J connectivity index is 2.69. The Kier molecular flexibility index (Phi) is 6.63. The van der Waals surface area contributed by atoms with E-state index < -0.39 is 15.0 Å². The van der Waals surface area contributed by atoms with Crippen molar-refractivity contribution < 1.29 is 17.9 Å². The van der Waals surface area contributed by atoms with Crippen molar-refractivity contribution in [3.05, 3.63) is 11.4 Å². The zero-order valence-electron chi connectivity index (χ0n) is 12.3. The smallest absolute Gasteiger partial charge is 0.273 e. The van der Waals surface area contributed by atoms with Crippen molar-refractivity contribution in [2.75, 3.05) is 19.8 Å². The summed E-state index contributed by atoms with van der Waals surface area (Å²) in [6, 6.07) is 0. The van der Waals surface area contributed by atoms with Gasteiger partial charge in [0.1, 0.15) is 4.90 Å². The van der Waals surface area contributed by atoms with Gasteiger partial charge in [0.15, 0.2) is 5.69 Å². The number of hydrogen-bond donors (Lipinski definition) is 2. The summed E-state index contributed by atoms with van der Waals surface area (Å²) in [6.45, 7) is 6.98. The standard InChI is InChI=1S/C12H20ClN3O4S/c1-4-9-11(21(13,18)19)10(16-15-9)12(17)14-5-6-20-7-8(2)3/h8H,4-7H2,1-3H3,(H,14,17)(H,15,16). The third kappa shape index (κ3) is 5.29. The third-order valence-corrected chi connectivity index (χ3v) is 3.98. The van der Waals surface area contributed by atoms with Crippen LogP contribution in [0.3, 0.4) is 0 Å². The molecule has 0 aliphatic rings. The topological polar surface area (TPSA) is 101 Å². The van der Waals surface area contributed by atoms with Crippen LogP contribution in [0.2, 0.25) is 0 Å². The van der Waals surface area contributed by atoms with Crippen molar-refractivity contribution in [3.63, 3.8) is 0 Å². The number of amides is 1. The molecule has 0 aliphatic carbocycles. The summed E-state index contributed by atoms with van der Waals surface area (Å²) in [5.74, 6) is -0.189. The Bertz CT molecular complexity index is 583. The van der Waals surface area contributed by atoms with E-state index >= 15 is 0 Å². The van der Waals surface area contributed by atoms with Crippen LogP contribution in [0.5, 0.6) is 0 Å². The van der Waals surface area contributed by atoms with Gasteiger partial charge in [0.25, 0.3) is 15.0 Å². The molecule has 0 aromatic carbocycles. The summed E-state index contributed by atoms with van der Waals surface area (Å²) in [4.78, 5) is 11.7. The third-order valence-electron chi connectivity index (χ3n) is 2.59. The Labute approximate surface area is 128 Å². The first kappa shape index (κ1) is 17.9. The number of nitrogens with zero attached hydrogens (tertiary/aromatic N) is 1. The Morgan fingerprint density at radius 3 is 2.67 bits per heavy atom. The Hall–Kier alpha value is -1.12. The largest absolute Gasteiger partial charge is 0.379 e. The van der Waals surface area contributed by atoms with Crippen LogP contribution in [0.4, 0.5) is 0 Å². The highest BCUT2D eigenvalue weighted by atomic mass is 35.7. The fourth-order valence-corrected chi connectivity index (χ4v) is 3.02. The van der Waals surface area contributed by atoms with Gasteiger partial charge in [-0.25, -0.2) is 8.42 Å². The fraction of sp³-hybridized carbons (Fsp3) is 0.667. The van der Waals surface area contributed by atoms with Crippen LogP contribution in [0.1, 0.15) is 37.0 Å². The van der Waals surface area contributed by atoms with Crippen molar-refractivity contribution in [3.8, 4) is 0 Å². The van der Waals surface area contributed by atoms with Crippen LogP contribution in [0.15, 0.2) is 4.90 Å². The molecule has 0 saturated carbocycles. The lowest BCUT2D eigenvalue weighted by Gasteiger charge is -2.07. The van der Waals surface area contributed by atoms with Gasteiger partial charge in [0, 0.05) is 23.8 Å². The molecule has 0 spiro atoms. The fourth-order valence-electron chi connectivity index (χ4n) is 1.66. The molecule has 1 aromatic rings. The maximum absolute atomic E-state index is 12.0. The maximum atomic E-state index is 12.0. The lowest BCUT2D eigenvalue weighted by Crippen LogP contribution is -2.29. The Morgan fingerprint density at radius 1 is 1.48 bits per heavy atom. The first-order chi connectivity index (χ1) is 9.77. The van der Waals surface area contributed by atoms with E-state index in [-0.39, 0.29) is 17.1 Å². The lowest BCUT2D eigenvalue weighted by atomic mass is 10.2. The zero-order valence-corrected chi connectivity index (χ0v) is 13.8. The van der Waals surface area contributed by atoms with Crippen LogP contribution >= 0.6 is 10.7 Å². The number of carbonyl (C=O) groups is 1. The average molecular weight is 338 g/mol. The molecule has 1 aromatic heterocycles. The van der Waals surface area contributed by atoms with E-state index in [1.165, 1.54) is 0 Å². The molecule has 120 valence electrons. The molecule has 1 heterocycles. The van der Waals surface area contributed by atoms with Crippen LogP contribution in [0.25, 0.3) is 0 Å². The van der Waals surface area contributed by atoms with Crippen molar-refractivity contribution in [2.24, 2.45) is 5.92 Å². The number of H-pyrrole nitrogens is 1. The second kappa shape index (κ2) is 7.77. The minimum atomic E-state index is -4.04. The van der Waals surface area contributed by atoms with E-state index in [0.717, 1.165) is 0 Å². The Morgan fingerprint density at radius 2 is 2.14 bits per heavy atom. The lowest BCUT2D eigenvalue weighted by molar-refractivity contribution is 0.0879. The number of ether oxygens (including phenoxy) is 1. The minimum Gasteiger partial charge on any atom is -0.379 e. The summed E-state index contributed by atoms with van der Waals surface area (Å²) in [6.07, 6.45) is 0.374. The first-order valence-corrected chi connectivity index (χ1v) is 8.96. The molecule has 0 radical (unpaired) electrons. The molecule has 0 fully saturated rings. The van der Waals surface area contributed by atoms with Gasteiger partial charge >= 0.3 is 0 Å². The second-order valence-corrected chi connectivity index (χ2v) is 7.40. The molecule has 9 heteroatoms. The summed E-state index contributed by atoms with van der Waals surface area (Å²) in [5, 5.41) is 8.81. The quantitative estimate of drug-likeness (QED) is 0.550. The van der Waals surface area contributed by atoms with Gasteiger partial charge in [0.05, 0.1) is 12.3 Å². The van der Waals surface area contributed by atoms with E-state index in [9.17, 15) is 13.2 Å². The summed E-state index contributed by atoms with van der Waals surface area (Å²) in [5.41, 5.74) is 0.0944. The molecule has 1 rings (SSSR count). The highest BCUT2D eigenvalue weighted by molar-refractivity contribution is 8.13. The summed E-state index contributed by atoms with van der Waals surface area (Å²) < 4.78 is 28.4. The number of hydrogen-bond acceptors (Lipinski definition) is 5. The molecule has 0 atom stereocenters. The van der Waals surface area contributed by atoms with Crippen LogP contribution < -0.4 is 5.32 Å². The second-order valence-electron chi connectivity index (χ2n) is 4.90. The van der Waals surface area contributed by atoms with E-state index in [1.54, 1.807) is 6.92 Å². The molecular formula is C12H20ClN3O4S. The highest BCUT2D eigenvalue weighted by Crippen LogP contribution is 2.22. The van der Waals surface area contributed by atoms with Gasteiger partial charge in [-0.3, -0.25) is 9.89 Å². The molecule has 7 nitrogen and oxygen atoms in total. The van der Waals surface area contributed by atoms with Gasteiger partial charge in [-0.2, -0.15) is 5.10 Å². The maximum Gasteiger partial charge on any atom is 0.273 e. The van der Waals surface area contributed by atoms with Crippen molar-refractivity contribution in [1.29, 1.82) is 0 Å². The van der Waals surface area contributed by atoms with Crippen molar-refractivity contribution >= 4 is 25.6 Å². The van der Waals surface area contributed by atoms with E-state index in [0.29, 0.717) is 31.2 Å². The van der Waals surface area contributed by atoms with Crippen LogP contribution in [-0.2, 0) is 20.2 Å². The van der Waals surface area contributed by atoms with Gasteiger partial charge < -0.3 is 10.1 Å². The molecule has 1 amide bonds. The van der Waals surface area contributed by atoms with E-state index in [4.69, 9.17) is 15.4 Å². The number of aromatic amines is 1. The zero-order chi connectivity index (χ0) is 16.0. The highest BCUT2D eigenvalue weighted by Gasteiger charge is 2.27. The number of rotatable bonds is 8. The van der Waals surface area contributed by atoms with Crippen LogP contribution in [-0.4, -0.2) is 44.3 Å². The number of aryl methyl sites for hydroxylation is 1. The predicted octanol–water partition coefficient (Wildman–Crippen LogP) is 1.30. The molecule has 0 unspecified atom stereocenters. The molecule has 0 bridgehead atoms. The van der Waals surface area contributed by atoms with E-state index in [1.807, 2.05) is 13.8 Å². The van der Waals surface area contributed by atoms with Crippen molar-refractivity contribution in [1.82, 2.24) is 15.5 Å². The molecule has 0 aliphatic heterocycles. The van der Waals surface area contributed by atoms with E-state index in [2.05, 4.69) is 15.5 Å². The van der Waals surface area contributed by atoms with Crippen molar-refractivity contribution in [2.45, 2.75) is 32.1 Å². The first-order valence-electron chi connectivity index (χ1n) is 6.65. The number of carbonyl (C=O) groups excluding carboxylic acids is 1. The average Bonchev–Trinajstić information content (AvgIpc) is 2.81. The van der Waals surface area contributed by atoms with Gasteiger partial charge in [-0.05, 0) is 12.3 Å². The van der Waals surface area contributed by atoms with Crippen LogP contribution in [0, 0.1) is 5.92 Å². The van der Waals surface area contributed by atoms with Gasteiger partial charge in [-0.1, -0.05) is 20.8 Å². The monoisotopic (exact) mass is 337 g/mol. The minimum absolute atomic E-state index is 0.217. The van der Waals surface area contributed by atoms with Gasteiger partial charge in [0.2, 0.25) is 0 Å².